The molecular formula is C30H34Cl3N3O4S. The van der Waals surface area contributed by atoms with Crippen LogP contribution in [0.25, 0.3) is 0 Å². The first kappa shape index (κ1) is 32.7. The summed E-state index contributed by atoms with van der Waals surface area (Å²) in [5, 5.41) is 4.04. The first-order valence-electron chi connectivity index (χ1n) is 13.2. The minimum atomic E-state index is -4.20. The number of anilines is 1. The monoisotopic (exact) mass is 637 g/mol. The lowest BCUT2D eigenvalue weighted by Gasteiger charge is -2.34. The van der Waals surface area contributed by atoms with Crippen LogP contribution in [-0.4, -0.2) is 44.3 Å². The molecule has 1 N–H and O–H groups in total. The van der Waals surface area contributed by atoms with Crippen molar-refractivity contribution in [3.63, 3.8) is 0 Å². The van der Waals surface area contributed by atoms with Gasteiger partial charge in [-0.25, -0.2) is 8.42 Å². The van der Waals surface area contributed by atoms with Crippen molar-refractivity contribution in [3.05, 3.63) is 92.9 Å². The van der Waals surface area contributed by atoms with Gasteiger partial charge in [0, 0.05) is 28.2 Å². The first-order chi connectivity index (χ1) is 19.3. The third-order valence-electron chi connectivity index (χ3n) is 6.49. The van der Waals surface area contributed by atoms with Gasteiger partial charge in [-0.2, -0.15) is 0 Å². The smallest absolute Gasteiger partial charge is 0.264 e. The summed E-state index contributed by atoms with van der Waals surface area (Å²) in [5.74, 6) is -0.696. The minimum absolute atomic E-state index is 0.0213. The van der Waals surface area contributed by atoms with E-state index in [0.29, 0.717) is 44.8 Å². The number of sulfonamides is 1. The largest absolute Gasteiger partial charge is 0.354 e. The Morgan fingerprint density at radius 1 is 0.927 bits per heavy atom. The van der Waals surface area contributed by atoms with Gasteiger partial charge in [0.2, 0.25) is 11.8 Å². The average molecular weight is 639 g/mol. The molecule has 0 aliphatic carbocycles. The van der Waals surface area contributed by atoms with Crippen molar-refractivity contribution >= 4 is 62.3 Å². The number of carbonyl (C=O) groups is 2. The summed E-state index contributed by atoms with van der Waals surface area (Å²) < 4.78 is 29.0. The molecule has 0 spiro atoms. The topological polar surface area (TPSA) is 86.8 Å². The molecule has 3 aromatic carbocycles. The van der Waals surface area contributed by atoms with Crippen molar-refractivity contribution in [2.24, 2.45) is 5.92 Å². The number of aryl methyl sites for hydroxylation is 1. The van der Waals surface area contributed by atoms with Gasteiger partial charge in [-0.15, -0.1) is 0 Å². The summed E-state index contributed by atoms with van der Waals surface area (Å²) in [6.45, 7) is 7.37. The van der Waals surface area contributed by atoms with Crippen LogP contribution in [0, 0.1) is 12.8 Å². The van der Waals surface area contributed by atoms with Crippen LogP contribution in [0.1, 0.15) is 38.3 Å². The van der Waals surface area contributed by atoms with Gasteiger partial charge in [0.15, 0.2) is 0 Å². The fourth-order valence-electron chi connectivity index (χ4n) is 4.27. The molecule has 0 saturated carbocycles. The fraction of sp³-hybridized carbons (Fsp3) is 0.333. The van der Waals surface area contributed by atoms with E-state index < -0.39 is 28.5 Å². The van der Waals surface area contributed by atoms with Gasteiger partial charge in [0.05, 0.1) is 10.6 Å². The van der Waals surface area contributed by atoms with Crippen LogP contribution in [-0.2, 0) is 26.2 Å². The normalized spacial score (nSPS) is 12.2. The molecule has 0 radical (unpaired) electrons. The fourth-order valence-corrected chi connectivity index (χ4v) is 6.34. The Morgan fingerprint density at radius 2 is 1.56 bits per heavy atom. The number of hydrogen-bond acceptors (Lipinski definition) is 4. The average Bonchev–Trinajstić information content (AvgIpc) is 2.92. The molecular weight excluding hydrogens is 605 g/mol. The summed E-state index contributed by atoms with van der Waals surface area (Å²) in [4.78, 5) is 28.8. The van der Waals surface area contributed by atoms with Crippen molar-refractivity contribution < 1.29 is 18.0 Å². The number of rotatable bonds is 12. The van der Waals surface area contributed by atoms with E-state index >= 15 is 0 Å². The number of halogens is 3. The van der Waals surface area contributed by atoms with Crippen LogP contribution in [0.4, 0.5) is 5.69 Å². The maximum atomic E-state index is 14.1. The Kier molecular flexibility index (Phi) is 11.5. The number of benzene rings is 3. The van der Waals surface area contributed by atoms with Crippen LogP contribution in [0.15, 0.2) is 71.6 Å². The number of para-hydroxylation sites is 1. The zero-order valence-corrected chi connectivity index (χ0v) is 26.5. The van der Waals surface area contributed by atoms with Gasteiger partial charge in [-0.3, -0.25) is 13.9 Å². The number of hydrogen-bond donors (Lipinski definition) is 1. The molecule has 0 heterocycles. The van der Waals surface area contributed by atoms with Crippen LogP contribution in [0.5, 0.6) is 0 Å². The summed E-state index contributed by atoms with van der Waals surface area (Å²) in [6, 6.07) is 16.7. The van der Waals surface area contributed by atoms with E-state index in [1.807, 2.05) is 13.8 Å². The van der Waals surface area contributed by atoms with Crippen LogP contribution in [0.2, 0.25) is 15.1 Å². The van der Waals surface area contributed by atoms with Crippen molar-refractivity contribution in [2.75, 3.05) is 17.4 Å². The highest BCUT2D eigenvalue weighted by molar-refractivity contribution is 7.92. The molecule has 0 bridgehead atoms. The van der Waals surface area contributed by atoms with Crippen molar-refractivity contribution in [1.29, 1.82) is 0 Å². The Balaban J connectivity index is 2.08. The van der Waals surface area contributed by atoms with Gasteiger partial charge < -0.3 is 10.2 Å². The Labute approximate surface area is 257 Å². The number of nitrogens with zero attached hydrogens (tertiary/aromatic N) is 2. The third kappa shape index (κ3) is 8.38. The maximum absolute atomic E-state index is 14.1. The van der Waals surface area contributed by atoms with E-state index in [9.17, 15) is 18.0 Å². The van der Waals surface area contributed by atoms with E-state index in [-0.39, 0.29) is 23.3 Å². The zero-order chi connectivity index (χ0) is 30.3. The van der Waals surface area contributed by atoms with Crippen LogP contribution >= 0.6 is 34.8 Å². The van der Waals surface area contributed by atoms with Gasteiger partial charge in [-0.05, 0) is 72.9 Å². The predicted molar refractivity (Wildman–Crippen MR) is 166 cm³/mol. The van der Waals surface area contributed by atoms with E-state index in [0.717, 1.165) is 4.31 Å². The maximum Gasteiger partial charge on any atom is 0.264 e. The minimum Gasteiger partial charge on any atom is -0.354 e. The van der Waals surface area contributed by atoms with Crippen molar-refractivity contribution in [2.45, 2.75) is 51.6 Å². The molecule has 2 amide bonds. The molecule has 11 heteroatoms. The molecule has 7 nitrogen and oxygen atoms in total. The van der Waals surface area contributed by atoms with Gasteiger partial charge in [0.25, 0.3) is 10.0 Å². The second-order valence-corrected chi connectivity index (χ2v) is 13.2. The molecule has 1 unspecified atom stereocenters. The lowest BCUT2D eigenvalue weighted by Crippen LogP contribution is -2.52. The van der Waals surface area contributed by atoms with E-state index in [1.165, 1.54) is 29.2 Å². The number of amides is 2. The molecule has 0 aromatic heterocycles. The van der Waals surface area contributed by atoms with Gasteiger partial charge in [0.1, 0.15) is 12.6 Å². The van der Waals surface area contributed by atoms with E-state index in [1.54, 1.807) is 56.3 Å². The first-order valence-corrected chi connectivity index (χ1v) is 15.8. The lowest BCUT2D eigenvalue weighted by molar-refractivity contribution is -0.140. The summed E-state index contributed by atoms with van der Waals surface area (Å²) >= 11 is 18.6. The molecule has 220 valence electrons. The van der Waals surface area contributed by atoms with Gasteiger partial charge >= 0.3 is 0 Å². The molecule has 41 heavy (non-hydrogen) atoms. The molecule has 1 atom stereocenters. The summed E-state index contributed by atoms with van der Waals surface area (Å²) in [5.41, 5.74) is 1.58. The lowest BCUT2D eigenvalue weighted by atomic mass is 10.1. The van der Waals surface area contributed by atoms with Crippen molar-refractivity contribution in [3.8, 4) is 0 Å². The second kappa shape index (κ2) is 14.4. The van der Waals surface area contributed by atoms with E-state index in [4.69, 9.17) is 34.8 Å². The second-order valence-electron chi connectivity index (χ2n) is 10.1. The molecule has 3 aromatic rings. The highest BCUT2D eigenvalue weighted by atomic mass is 35.5. The predicted octanol–water partition coefficient (Wildman–Crippen LogP) is 6.73. The zero-order valence-electron chi connectivity index (χ0n) is 23.4. The van der Waals surface area contributed by atoms with Crippen molar-refractivity contribution in [1.82, 2.24) is 10.2 Å². The molecule has 3 rings (SSSR count). The molecule has 0 aliphatic rings. The Hall–Kier alpha value is -2.78. The van der Waals surface area contributed by atoms with Crippen LogP contribution in [0.3, 0.4) is 0 Å². The quantitative estimate of drug-likeness (QED) is 0.238. The van der Waals surface area contributed by atoms with Crippen LogP contribution < -0.4 is 9.62 Å². The highest BCUT2D eigenvalue weighted by Gasteiger charge is 2.34. The third-order valence-corrected chi connectivity index (χ3v) is 9.10. The summed E-state index contributed by atoms with van der Waals surface area (Å²) in [7, 11) is -4.20. The summed E-state index contributed by atoms with van der Waals surface area (Å²) in [6.07, 6.45) is 0.301. The molecule has 0 fully saturated rings. The standard InChI is InChI=1S/C30H34Cl3N3O4S/c1-5-27(30(38)34-17-20(2)3)35(18-22-10-11-24(32)16-26(22)33)29(37)19-36(28-9-7-6-8-21(28)4)41(39,40)25-14-12-23(31)13-15-25/h6-16,20,27H,5,17-19H2,1-4H3,(H,34,38). The Morgan fingerprint density at radius 3 is 2.15 bits per heavy atom. The number of nitrogens with one attached hydrogen (secondary N) is 1. The highest BCUT2D eigenvalue weighted by Crippen LogP contribution is 2.29. The Bertz CT molecular complexity index is 1480. The molecule has 0 saturated heterocycles. The number of carbonyl (C=O) groups excluding carboxylic acids is 2. The molecule has 0 aliphatic heterocycles. The van der Waals surface area contributed by atoms with E-state index in [2.05, 4.69) is 5.32 Å². The SMILES string of the molecule is CCC(C(=O)NCC(C)C)N(Cc1ccc(Cl)cc1Cl)C(=O)CN(c1ccccc1C)S(=O)(=O)c1ccc(Cl)cc1. The van der Waals surface area contributed by atoms with Gasteiger partial charge in [-0.1, -0.05) is 79.8 Å².